The molecule has 1 aromatic carbocycles. The summed E-state index contributed by atoms with van der Waals surface area (Å²) in [7, 11) is 0. The number of thioether (sulfide) groups is 1. The molecule has 15 heteroatoms. The van der Waals surface area contributed by atoms with Gasteiger partial charge in [0, 0.05) is 27.7 Å². The lowest BCUT2D eigenvalue weighted by Crippen LogP contribution is -2.38. The number of hydrogen-bond acceptors (Lipinski definition) is 12. The van der Waals surface area contributed by atoms with Gasteiger partial charge in [-0.2, -0.15) is 5.26 Å². The van der Waals surface area contributed by atoms with Gasteiger partial charge in [-0.25, -0.2) is 4.39 Å². The Morgan fingerprint density at radius 1 is 1.32 bits per heavy atom. The van der Waals surface area contributed by atoms with E-state index < -0.39 is 11.7 Å². The van der Waals surface area contributed by atoms with Crippen LogP contribution in [-0.2, 0) is 9.59 Å². The van der Waals surface area contributed by atoms with Gasteiger partial charge in [0.05, 0.1) is 23.3 Å². The number of amides is 1. The van der Waals surface area contributed by atoms with E-state index >= 15 is 0 Å². The zero-order valence-corrected chi connectivity index (χ0v) is 23.7. The third-order valence-corrected chi connectivity index (χ3v) is 9.16. The molecule has 3 N–H and O–H groups in total. The molecular weight excluding hydrogens is 615 g/mol. The topological polar surface area (TPSA) is 151 Å². The summed E-state index contributed by atoms with van der Waals surface area (Å²) in [5.74, 6) is -1.75. The van der Waals surface area contributed by atoms with Gasteiger partial charge in [-0.15, -0.1) is 20.4 Å². The van der Waals surface area contributed by atoms with Crippen LogP contribution in [0.2, 0.25) is 0 Å². The zero-order valence-electron chi connectivity index (χ0n) is 19.7. The van der Waals surface area contributed by atoms with Crippen molar-refractivity contribution in [2.75, 3.05) is 16.0 Å². The molecular formula is C23H18BrFN8O2S3. The van der Waals surface area contributed by atoms with Crippen molar-refractivity contribution in [1.82, 2.24) is 20.4 Å². The Balaban J connectivity index is 1.46. The Labute approximate surface area is 237 Å². The lowest BCUT2D eigenvalue weighted by atomic mass is 9.75. The van der Waals surface area contributed by atoms with Gasteiger partial charge in [-0.05, 0) is 38.0 Å². The van der Waals surface area contributed by atoms with Gasteiger partial charge >= 0.3 is 0 Å². The van der Waals surface area contributed by atoms with Crippen LogP contribution in [0.15, 0.2) is 49.7 Å². The molecule has 1 aliphatic carbocycles. The predicted molar refractivity (Wildman–Crippen MR) is 146 cm³/mol. The highest BCUT2D eigenvalue weighted by molar-refractivity contribution is 9.10. The number of anilines is 2. The molecule has 0 bridgehead atoms. The number of nitrogens with zero attached hydrogens (tertiary/aromatic N) is 6. The lowest BCUT2D eigenvalue weighted by molar-refractivity contribution is -0.116. The average molecular weight is 634 g/mol. The molecule has 0 spiro atoms. The van der Waals surface area contributed by atoms with Crippen LogP contribution >= 0.6 is 50.4 Å². The molecule has 3 aromatic rings. The van der Waals surface area contributed by atoms with Crippen LogP contribution in [0.25, 0.3) is 0 Å². The fourth-order valence-electron chi connectivity index (χ4n) is 4.33. The second kappa shape index (κ2) is 10.9. The van der Waals surface area contributed by atoms with Crippen LogP contribution < -0.4 is 16.0 Å². The molecule has 0 saturated heterocycles. The van der Waals surface area contributed by atoms with Gasteiger partial charge in [0.1, 0.15) is 16.6 Å². The van der Waals surface area contributed by atoms with E-state index in [2.05, 4.69) is 47.7 Å². The first kappa shape index (κ1) is 26.4. The summed E-state index contributed by atoms with van der Waals surface area (Å²) < 4.78 is 16.1. The number of benzene rings is 1. The second-order valence-electron chi connectivity index (χ2n) is 8.30. The van der Waals surface area contributed by atoms with Crippen LogP contribution in [0.1, 0.15) is 35.8 Å². The first-order valence-electron chi connectivity index (χ1n) is 11.2. The van der Waals surface area contributed by atoms with Gasteiger partial charge in [0.2, 0.25) is 16.2 Å². The van der Waals surface area contributed by atoms with Crippen LogP contribution in [-0.4, -0.2) is 37.8 Å². The largest absolute Gasteiger partial charge is 0.384 e. The standard InChI is InChI=1S/C23H18BrFN8O2S3/c1-10-29-30-21(37-10)28-17(35)9-36-23-32-31-22(38-23)33-15-3-2-4-16(34)19(15)18(13(8-26)20(33)27)12-7-11(24)5-6-14(12)25/h5-7,18H,2-4,9,27H2,1H3,(H,28,30,35). The summed E-state index contributed by atoms with van der Waals surface area (Å²) in [6.07, 6.45) is 1.37. The molecule has 194 valence electrons. The van der Waals surface area contributed by atoms with E-state index in [4.69, 9.17) is 5.73 Å². The Bertz CT molecular complexity index is 1560. The molecule has 2 aliphatic rings. The molecule has 38 heavy (non-hydrogen) atoms. The van der Waals surface area contributed by atoms with E-state index in [0.29, 0.717) is 43.2 Å². The highest BCUT2D eigenvalue weighted by atomic mass is 79.9. The van der Waals surface area contributed by atoms with E-state index in [1.54, 1.807) is 24.0 Å². The number of allylic oxidation sites excluding steroid dienone is 3. The van der Waals surface area contributed by atoms with E-state index in [-0.39, 0.29) is 40.8 Å². The molecule has 5 rings (SSSR count). The third kappa shape index (κ3) is 5.08. The fraction of sp³-hybridized carbons (Fsp3) is 0.261. The molecule has 2 aromatic heterocycles. The lowest BCUT2D eigenvalue weighted by Gasteiger charge is -2.38. The third-order valence-electron chi connectivity index (χ3n) is 5.87. The van der Waals surface area contributed by atoms with Crippen LogP contribution in [0.5, 0.6) is 0 Å². The number of aromatic nitrogens is 4. The van der Waals surface area contributed by atoms with Crippen LogP contribution in [0.4, 0.5) is 14.7 Å². The number of carbonyl (C=O) groups is 2. The molecule has 3 heterocycles. The fourth-order valence-corrected chi connectivity index (χ4v) is 7.00. The van der Waals surface area contributed by atoms with Crippen molar-refractivity contribution >= 4 is 72.3 Å². The molecule has 0 saturated carbocycles. The van der Waals surface area contributed by atoms with Gasteiger partial charge in [-0.3, -0.25) is 19.8 Å². The molecule has 0 radical (unpaired) electrons. The normalized spacial score (nSPS) is 17.5. The van der Waals surface area contributed by atoms with E-state index in [1.807, 2.05) is 0 Å². The zero-order chi connectivity index (χ0) is 27.0. The molecule has 1 aliphatic heterocycles. The van der Waals surface area contributed by atoms with Crippen molar-refractivity contribution in [2.24, 2.45) is 5.73 Å². The Hall–Kier alpha value is -3.19. The van der Waals surface area contributed by atoms with Crippen molar-refractivity contribution in [3.63, 3.8) is 0 Å². The van der Waals surface area contributed by atoms with Crippen molar-refractivity contribution in [3.8, 4) is 6.07 Å². The quantitative estimate of drug-likeness (QED) is 0.368. The van der Waals surface area contributed by atoms with Crippen molar-refractivity contribution in [2.45, 2.75) is 36.4 Å². The number of nitriles is 1. The molecule has 1 amide bonds. The number of Topliss-reactive ketones (excluding diaryl/α,β-unsaturated/α-hetero) is 1. The minimum atomic E-state index is -0.925. The summed E-state index contributed by atoms with van der Waals surface area (Å²) in [5, 5.41) is 30.4. The number of nitrogens with two attached hydrogens (primary N) is 1. The monoisotopic (exact) mass is 632 g/mol. The van der Waals surface area contributed by atoms with Gasteiger partial charge in [-0.1, -0.05) is 50.4 Å². The highest BCUT2D eigenvalue weighted by Gasteiger charge is 2.42. The van der Waals surface area contributed by atoms with E-state index in [1.165, 1.54) is 40.5 Å². The molecule has 1 atom stereocenters. The Morgan fingerprint density at radius 2 is 2.13 bits per heavy atom. The molecule has 0 fully saturated rings. The predicted octanol–water partition coefficient (Wildman–Crippen LogP) is 4.64. The number of hydrogen-bond donors (Lipinski definition) is 2. The maximum Gasteiger partial charge on any atom is 0.236 e. The van der Waals surface area contributed by atoms with Crippen molar-refractivity contribution in [3.05, 3.63) is 61.7 Å². The second-order valence-corrected chi connectivity index (χ2v) is 12.6. The van der Waals surface area contributed by atoms with E-state index in [9.17, 15) is 19.2 Å². The Morgan fingerprint density at radius 3 is 2.87 bits per heavy atom. The highest BCUT2D eigenvalue weighted by Crippen LogP contribution is 2.47. The number of carbonyl (C=O) groups excluding carboxylic acids is 2. The SMILES string of the molecule is Cc1nnc(NC(=O)CSc2nnc(N3C(N)=C(C#N)C(c4cc(Br)ccc4F)C4=C3CCCC4=O)s2)s1. The van der Waals surface area contributed by atoms with Gasteiger partial charge in [0.15, 0.2) is 10.1 Å². The minimum Gasteiger partial charge on any atom is -0.384 e. The number of nitrogens with one attached hydrogen (secondary N) is 1. The number of aryl methyl sites for hydroxylation is 1. The van der Waals surface area contributed by atoms with E-state index in [0.717, 1.165) is 5.01 Å². The number of rotatable bonds is 6. The van der Waals surface area contributed by atoms with Gasteiger partial charge < -0.3 is 5.73 Å². The van der Waals surface area contributed by atoms with Gasteiger partial charge in [0.25, 0.3) is 0 Å². The summed E-state index contributed by atoms with van der Waals surface area (Å²) in [5.41, 5.74) is 7.70. The maximum atomic E-state index is 15.0. The summed E-state index contributed by atoms with van der Waals surface area (Å²) in [6.45, 7) is 1.79. The minimum absolute atomic E-state index is 0.0622. The smallest absolute Gasteiger partial charge is 0.236 e. The summed E-state index contributed by atoms with van der Waals surface area (Å²) in [6, 6.07) is 6.53. The average Bonchev–Trinajstić information content (AvgIpc) is 3.52. The number of halogens is 2. The molecule has 10 nitrogen and oxygen atoms in total. The Kier molecular flexibility index (Phi) is 7.57. The summed E-state index contributed by atoms with van der Waals surface area (Å²) >= 11 is 6.99. The molecule has 1 unspecified atom stereocenters. The van der Waals surface area contributed by atoms with Crippen LogP contribution in [0, 0.1) is 24.1 Å². The first-order chi connectivity index (χ1) is 18.3. The van der Waals surface area contributed by atoms with Crippen molar-refractivity contribution in [1.29, 1.82) is 5.26 Å². The van der Waals surface area contributed by atoms with Crippen LogP contribution in [0.3, 0.4) is 0 Å². The first-order valence-corrected chi connectivity index (χ1v) is 14.6. The number of ketones is 1. The summed E-state index contributed by atoms with van der Waals surface area (Å²) in [4.78, 5) is 27.1. The maximum absolute atomic E-state index is 15.0. The van der Waals surface area contributed by atoms with Crippen molar-refractivity contribution < 1.29 is 14.0 Å².